The van der Waals surface area contributed by atoms with Crippen molar-refractivity contribution in [3.63, 3.8) is 0 Å². The van der Waals surface area contributed by atoms with Gasteiger partial charge in [-0.2, -0.15) is 0 Å². The van der Waals surface area contributed by atoms with E-state index in [0.717, 1.165) is 18.4 Å². The van der Waals surface area contributed by atoms with Crippen LogP contribution in [0.4, 0.5) is 0 Å². The fourth-order valence-corrected chi connectivity index (χ4v) is 3.38. The lowest BCUT2D eigenvalue weighted by Crippen LogP contribution is -2.21. The molecule has 1 nitrogen and oxygen atoms in total. The third-order valence-corrected chi connectivity index (χ3v) is 4.75. The van der Waals surface area contributed by atoms with E-state index >= 15 is 0 Å². The van der Waals surface area contributed by atoms with Crippen LogP contribution in [-0.2, 0) is 0 Å². The van der Waals surface area contributed by atoms with Crippen molar-refractivity contribution in [1.29, 1.82) is 0 Å². The number of rotatable bonds is 3. The van der Waals surface area contributed by atoms with Crippen molar-refractivity contribution in [2.45, 2.75) is 57.3 Å². The quantitative estimate of drug-likeness (QED) is 0.701. The minimum absolute atomic E-state index is 0.306. The Morgan fingerprint density at radius 1 is 0.889 bits per heavy atom. The van der Waals surface area contributed by atoms with Gasteiger partial charge in [-0.05, 0) is 37.2 Å². The van der Waals surface area contributed by atoms with E-state index in [2.05, 4.69) is 18.2 Å². The topological polar surface area (TPSA) is 17.1 Å². The molecule has 1 heteroatoms. The molecule has 0 saturated heterocycles. The average Bonchev–Trinajstić information content (AvgIpc) is 2.38. The number of benzene rings is 1. The summed E-state index contributed by atoms with van der Waals surface area (Å²) in [4.78, 5) is 12.7. The first-order valence-electron chi connectivity index (χ1n) is 7.49. The van der Waals surface area contributed by atoms with Gasteiger partial charge in [-0.15, -0.1) is 0 Å². The molecule has 2 fully saturated rings. The molecule has 2 aliphatic rings. The van der Waals surface area contributed by atoms with Crippen LogP contribution in [0.25, 0.3) is 0 Å². The Hall–Kier alpha value is -1.11. The third-order valence-electron chi connectivity index (χ3n) is 4.75. The van der Waals surface area contributed by atoms with Crippen LogP contribution in [0.5, 0.6) is 0 Å². The maximum Gasteiger partial charge on any atom is 0.166 e. The van der Waals surface area contributed by atoms with Gasteiger partial charge in [0.15, 0.2) is 5.78 Å². The zero-order valence-electron chi connectivity index (χ0n) is 11.0. The Labute approximate surface area is 110 Å². The summed E-state index contributed by atoms with van der Waals surface area (Å²) in [6.07, 6.45) is 9.88. The first-order chi connectivity index (χ1) is 8.86. The predicted molar refractivity (Wildman–Crippen MR) is 73.9 cm³/mol. The molecule has 0 aliphatic heterocycles. The molecule has 0 radical (unpaired) electrons. The van der Waals surface area contributed by atoms with Crippen molar-refractivity contribution >= 4 is 5.78 Å². The molecule has 0 N–H and O–H groups in total. The fourth-order valence-electron chi connectivity index (χ4n) is 3.38. The summed E-state index contributed by atoms with van der Waals surface area (Å²) in [5.74, 6) is 1.39. The van der Waals surface area contributed by atoms with Gasteiger partial charge in [0.1, 0.15) is 0 Å². The molecule has 1 aromatic carbocycles. The van der Waals surface area contributed by atoms with Crippen LogP contribution in [0.15, 0.2) is 24.3 Å². The summed E-state index contributed by atoms with van der Waals surface area (Å²) in [6, 6.07) is 8.36. The average molecular weight is 242 g/mol. The van der Waals surface area contributed by atoms with Crippen molar-refractivity contribution < 1.29 is 4.79 Å². The van der Waals surface area contributed by atoms with Gasteiger partial charge >= 0.3 is 0 Å². The Balaban J connectivity index is 1.83. The van der Waals surface area contributed by atoms with E-state index in [1.54, 1.807) is 0 Å². The fraction of sp³-hybridized carbons (Fsp3) is 0.588. The minimum Gasteiger partial charge on any atom is -0.294 e. The number of hydrogen-bond donors (Lipinski definition) is 0. The highest BCUT2D eigenvalue weighted by atomic mass is 16.1. The standard InChI is InChI=1S/C17H22O/c18-17(14-7-2-1-3-8-14)16-12-5-4-11-15(16)13-9-6-10-13/h4-5,11-14H,1-3,6-10H2. The molecule has 0 spiro atoms. The van der Waals surface area contributed by atoms with E-state index in [0.29, 0.717) is 17.6 Å². The Bertz CT molecular complexity index is 425. The molecular weight excluding hydrogens is 220 g/mol. The van der Waals surface area contributed by atoms with Crippen molar-refractivity contribution in [2.24, 2.45) is 5.92 Å². The lowest BCUT2D eigenvalue weighted by Gasteiger charge is -2.29. The summed E-state index contributed by atoms with van der Waals surface area (Å²) >= 11 is 0. The van der Waals surface area contributed by atoms with Gasteiger partial charge in [0.25, 0.3) is 0 Å². The van der Waals surface area contributed by atoms with E-state index in [4.69, 9.17) is 0 Å². The second-order valence-electron chi connectivity index (χ2n) is 5.91. The molecule has 3 rings (SSSR count). The van der Waals surface area contributed by atoms with Crippen LogP contribution < -0.4 is 0 Å². The monoisotopic (exact) mass is 242 g/mol. The van der Waals surface area contributed by atoms with E-state index < -0.39 is 0 Å². The highest BCUT2D eigenvalue weighted by Gasteiger charge is 2.28. The second-order valence-corrected chi connectivity index (χ2v) is 5.91. The molecule has 0 unspecified atom stereocenters. The maximum atomic E-state index is 12.7. The third kappa shape index (κ3) is 2.23. The SMILES string of the molecule is O=C(c1ccccc1C1CCC1)C1CCCCC1. The van der Waals surface area contributed by atoms with E-state index in [-0.39, 0.29) is 0 Å². The van der Waals surface area contributed by atoms with Gasteiger partial charge in [0.2, 0.25) is 0 Å². The predicted octanol–water partition coefficient (Wildman–Crippen LogP) is 4.72. The second kappa shape index (κ2) is 5.26. The summed E-state index contributed by atoms with van der Waals surface area (Å²) < 4.78 is 0. The van der Waals surface area contributed by atoms with Crippen LogP contribution in [0.2, 0.25) is 0 Å². The maximum absolute atomic E-state index is 12.7. The summed E-state index contributed by atoms with van der Waals surface area (Å²) in [6.45, 7) is 0. The van der Waals surface area contributed by atoms with Crippen molar-refractivity contribution in [3.05, 3.63) is 35.4 Å². The van der Waals surface area contributed by atoms with Gasteiger partial charge in [-0.3, -0.25) is 4.79 Å². The first kappa shape index (κ1) is 12.0. The largest absolute Gasteiger partial charge is 0.294 e. The highest BCUT2D eigenvalue weighted by molar-refractivity contribution is 5.99. The number of carbonyl (C=O) groups is 1. The normalized spacial score (nSPS) is 21.6. The minimum atomic E-state index is 0.306. The lowest BCUT2D eigenvalue weighted by atomic mass is 9.75. The van der Waals surface area contributed by atoms with Crippen LogP contribution in [0.3, 0.4) is 0 Å². The van der Waals surface area contributed by atoms with E-state index in [1.165, 1.54) is 44.1 Å². The summed E-state index contributed by atoms with van der Waals surface area (Å²) in [5, 5.41) is 0. The van der Waals surface area contributed by atoms with Crippen LogP contribution >= 0.6 is 0 Å². The van der Waals surface area contributed by atoms with Crippen LogP contribution in [0.1, 0.15) is 73.2 Å². The molecule has 2 aliphatic carbocycles. The van der Waals surface area contributed by atoms with Crippen LogP contribution in [-0.4, -0.2) is 5.78 Å². The van der Waals surface area contributed by atoms with Crippen molar-refractivity contribution in [1.82, 2.24) is 0 Å². The van der Waals surface area contributed by atoms with Gasteiger partial charge < -0.3 is 0 Å². The molecule has 0 aromatic heterocycles. The Morgan fingerprint density at radius 3 is 2.28 bits per heavy atom. The number of Topliss-reactive ketones (excluding diaryl/α,β-unsaturated/α-hetero) is 1. The molecule has 18 heavy (non-hydrogen) atoms. The Kier molecular flexibility index (Phi) is 3.49. The van der Waals surface area contributed by atoms with E-state index in [9.17, 15) is 4.79 Å². The van der Waals surface area contributed by atoms with E-state index in [1.807, 2.05) is 6.07 Å². The van der Waals surface area contributed by atoms with Gasteiger partial charge in [-0.1, -0.05) is 49.9 Å². The van der Waals surface area contributed by atoms with Gasteiger partial charge in [-0.25, -0.2) is 0 Å². The summed E-state index contributed by atoms with van der Waals surface area (Å²) in [5.41, 5.74) is 2.37. The first-order valence-corrected chi connectivity index (χ1v) is 7.49. The molecular formula is C17H22O. The lowest BCUT2D eigenvalue weighted by molar-refractivity contribution is 0.0887. The molecule has 2 saturated carbocycles. The number of hydrogen-bond acceptors (Lipinski definition) is 1. The zero-order valence-corrected chi connectivity index (χ0v) is 11.0. The van der Waals surface area contributed by atoms with Gasteiger partial charge in [0, 0.05) is 11.5 Å². The molecule has 96 valence electrons. The van der Waals surface area contributed by atoms with Crippen molar-refractivity contribution in [2.75, 3.05) is 0 Å². The summed E-state index contributed by atoms with van der Waals surface area (Å²) in [7, 11) is 0. The van der Waals surface area contributed by atoms with Crippen molar-refractivity contribution in [3.8, 4) is 0 Å². The zero-order chi connectivity index (χ0) is 12.4. The molecule has 1 aromatic rings. The molecule has 0 bridgehead atoms. The van der Waals surface area contributed by atoms with Gasteiger partial charge in [0.05, 0.1) is 0 Å². The number of ketones is 1. The number of carbonyl (C=O) groups excluding carboxylic acids is 1. The molecule has 0 atom stereocenters. The highest BCUT2D eigenvalue weighted by Crippen LogP contribution is 2.39. The molecule has 0 heterocycles. The van der Waals surface area contributed by atoms with Crippen LogP contribution in [0, 0.1) is 5.92 Å². The molecule has 0 amide bonds. The smallest absolute Gasteiger partial charge is 0.166 e. The Morgan fingerprint density at radius 2 is 1.61 bits per heavy atom.